The molecule has 1 amide bonds. The van der Waals surface area contributed by atoms with Crippen molar-refractivity contribution in [2.24, 2.45) is 17.8 Å². The molecule has 220 valence electrons. The lowest BCUT2D eigenvalue weighted by Gasteiger charge is -2.51. The van der Waals surface area contributed by atoms with Crippen LogP contribution in [0.15, 0.2) is 79.1 Å². The lowest BCUT2D eigenvalue weighted by atomic mass is 9.58. The highest BCUT2D eigenvalue weighted by Crippen LogP contribution is 2.52. The molecule has 0 spiro atoms. The number of ether oxygens (including phenoxy) is 1. The summed E-state index contributed by atoms with van der Waals surface area (Å²) in [5.41, 5.74) is 3.19. The zero-order valence-electron chi connectivity index (χ0n) is 24.7. The van der Waals surface area contributed by atoms with Crippen molar-refractivity contribution < 1.29 is 9.53 Å². The second kappa shape index (κ2) is 12.6. The SMILES string of the molecule is [C-]#[N+]c1ccc(N2CC(CN3CCC(C(Cn4cccc4)(c4ccccc4)[C@H]4CCC[C@@H]4OC(=O)NC)CC3)C2)cc1. The van der Waals surface area contributed by atoms with E-state index in [-0.39, 0.29) is 23.5 Å². The summed E-state index contributed by atoms with van der Waals surface area (Å²) >= 11 is 0. The molecule has 3 aliphatic rings. The Kier molecular flexibility index (Phi) is 8.53. The first kappa shape index (κ1) is 28.4. The van der Waals surface area contributed by atoms with Crippen molar-refractivity contribution in [3.8, 4) is 0 Å². The monoisotopic (exact) mass is 565 g/mol. The number of hydrogen-bond acceptors (Lipinski definition) is 4. The molecule has 1 aromatic heterocycles. The van der Waals surface area contributed by atoms with Crippen LogP contribution >= 0.6 is 0 Å². The molecule has 3 fully saturated rings. The average molecular weight is 566 g/mol. The van der Waals surface area contributed by atoms with Gasteiger partial charge in [-0.05, 0) is 80.9 Å². The van der Waals surface area contributed by atoms with E-state index in [4.69, 9.17) is 11.3 Å². The average Bonchev–Trinajstić information content (AvgIpc) is 3.71. The highest BCUT2D eigenvalue weighted by Gasteiger charge is 2.52. The zero-order valence-corrected chi connectivity index (χ0v) is 24.7. The molecule has 1 unspecified atom stereocenters. The summed E-state index contributed by atoms with van der Waals surface area (Å²) in [6, 6.07) is 23.3. The van der Waals surface area contributed by atoms with Crippen LogP contribution in [0.3, 0.4) is 0 Å². The van der Waals surface area contributed by atoms with Crippen molar-refractivity contribution in [3.05, 3.63) is 96.1 Å². The van der Waals surface area contributed by atoms with Gasteiger partial charge in [-0.3, -0.25) is 0 Å². The molecule has 6 rings (SSSR count). The van der Waals surface area contributed by atoms with Gasteiger partial charge in [0.1, 0.15) is 6.10 Å². The van der Waals surface area contributed by atoms with E-state index in [9.17, 15) is 4.79 Å². The number of alkyl carbamates (subject to hydrolysis) is 1. The number of rotatable bonds is 9. The highest BCUT2D eigenvalue weighted by atomic mass is 16.6. The minimum absolute atomic E-state index is 0.0800. The third-order valence-corrected chi connectivity index (χ3v) is 10.1. The van der Waals surface area contributed by atoms with Crippen LogP contribution in [-0.2, 0) is 16.7 Å². The first-order valence-electron chi connectivity index (χ1n) is 15.6. The lowest BCUT2D eigenvalue weighted by molar-refractivity contribution is 0.00209. The van der Waals surface area contributed by atoms with Crippen molar-refractivity contribution in [2.75, 3.05) is 44.7 Å². The van der Waals surface area contributed by atoms with Gasteiger partial charge in [0.2, 0.25) is 0 Å². The Morgan fingerprint density at radius 1 is 0.976 bits per heavy atom. The predicted octanol–water partition coefficient (Wildman–Crippen LogP) is 6.35. The summed E-state index contributed by atoms with van der Waals surface area (Å²) < 4.78 is 8.43. The van der Waals surface area contributed by atoms with E-state index in [1.807, 2.05) is 12.1 Å². The maximum atomic E-state index is 12.4. The molecule has 42 heavy (non-hydrogen) atoms. The van der Waals surface area contributed by atoms with Crippen LogP contribution in [0, 0.1) is 24.3 Å². The van der Waals surface area contributed by atoms with E-state index in [1.54, 1.807) is 7.05 Å². The van der Waals surface area contributed by atoms with E-state index in [0.29, 0.717) is 17.5 Å². The molecule has 2 aliphatic heterocycles. The van der Waals surface area contributed by atoms with Crippen LogP contribution in [0.2, 0.25) is 0 Å². The van der Waals surface area contributed by atoms with Crippen molar-refractivity contribution in [1.29, 1.82) is 0 Å². The first-order chi connectivity index (χ1) is 20.6. The summed E-state index contributed by atoms with van der Waals surface area (Å²) in [5.74, 6) is 1.45. The van der Waals surface area contributed by atoms with Gasteiger partial charge in [0.25, 0.3) is 0 Å². The third-order valence-electron chi connectivity index (χ3n) is 10.1. The molecule has 7 nitrogen and oxygen atoms in total. The summed E-state index contributed by atoms with van der Waals surface area (Å²) in [4.78, 5) is 21.1. The zero-order chi connectivity index (χ0) is 28.9. The second-order valence-corrected chi connectivity index (χ2v) is 12.5. The maximum absolute atomic E-state index is 12.4. The number of anilines is 1. The molecule has 3 aromatic rings. The summed E-state index contributed by atoms with van der Waals surface area (Å²) in [7, 11) is 1.65. The summed E-state index contributed by atoms with van der Waals surface area (Å²) in [6.45, 7) is 13.6. The van der Waals surface area contributed by atoms with Gasteiger partial charge in [-0.25, -0.2) is 9.64 Å². The van der Waals surface area contributed by atoms with Gasteiger partial charge < -0.3 is 24.4 Å². The van der Waals surface area contributed by atoms with Crippen LogP contribution in [0.1, 0.15) is 37.7 Å². The largest absolute Gasteiger partial charge is 0.446 e. The Bertz CT molecular complexity index is 1340. The number of carbonyl (C=O) groups is 1. The minimum atomic E-state index is -0.318. The van der Waals surface area contributed by atoms with Gasteiger partial charge in [-0.1, -0.05) is 42.5 Å². The van der Waals surface area contributed by atoms with Gasteiger partial charge in [-0.2, -0.15) is 0 Å². The van der Waals surface area contributed by atoms with E-state index >= 15 is 0 Å². The molecule has 1 N–H and O–H groups in total. The van der Waals surface area contributed by atoms with Crippen molar-refractivity contribution >= 4 is 17.5 Å². The Balaban J connectivity index is 1.18. The lowest BCUT2D eigenvalue weighted by Crippen LogP contribution is -2.55. The number of amides is 1. The van der Waals surface area contributed by atoms with Gasteiger partial charge in [0.05, 0.1) is 6.57 Å². The third kappa shape index (κ3) is 5.78. The predicted molar refractivity (Wildman–Crippen MR) is 167 cm³/mol. The Hall–Kier alpha value is -3.76. The van der Waals surface area contributed by atoms with Crippen molar-refractivity contribution in [3.63, 3.8) is 0 Å². The fourth-order valence-electron chi connectivity index (χ4n) is 8.10. The molecule has 2 aromatic carbocycles. The van der Waals surface area contributed by atoms with Gasteiger partial charge in [0.15, 0.2) is 5.69 Å². The molecular formula is C35H43N5O2. The fraction of sp³-hybridized carbons (Fsp3) is 0.486. The fourth-order valence-corrected chi connectivity index (χ4v) is 8.10. The highest BCUT2D eigenvalue weighted by molar-refractivity contribution is 5.67. The van der Waals surface area contributed by atoms with E-state index < -0.39 is 0 Å². The molecule has 3 heterocycles. The number of piperidine rings is 1. The Labute approximate surface area is 250 Å². The molecule has 2 saturated heterocycles. The molecule has 1 aliphatic carbocycles. The molecule has 3 atom stereocenters. The number of likely N-dealkylation sites (tertiary alicyclic amines) is 1. The number of benzene rings is 2. The van der Waals surface area contributed by atoms with Crippen molar-refractivity contribution in [2.45, 2.75) is 50.2 Å². The quantitative estimate of drug-likeness (QED) is 0.307. The van der Waals surface area contributed by atoms with E-state index in [0.717, 1.165) is 71.4 Å². The Morgan fingerprint density at radius 3 is 2.36 bits per heavy atom. The topological polar surface area (TPSA) is 54.1 Å². The number of aromatic nitrogens is 1. The number of nitrogens with one attached hydrogen (secondary N) is 1. The van der Waals surface area contributed by atoms with E-state index in [2.05, 4.69) is 91.5 Å². The van der Waals surface area contributed by atoms with Crippen molar-refractivity contribution in [1.82, 2.24) is 14.8 Å². The number of carbonyl (C=O) groups excluding carboxylic acids is 1. The van der Waals surface area contributed by atoms with Crippen LogP contribution in [0.25, 0.3) is 4.85 Å². The van der Waals surface area contributed by atoms with Crippen LogP contribution in [0.4, 0.5) is 16.2 Å². The first-order valence-corrected chi connectivity index (χ1v) is 15.6. The van der Waals surface area contributed by atoms with Crippen LogP contribution in [-0.4, -0.2) is 61.4 Å². The number of nitrogens with zero attached hydrogens (tertiary/aromatic N) is 4. The molecule has 0 bridgehead atoms. The summed E-state index contributed by atoms with van der Waals surface area (Å²) in [5, 5.41) is 2.69. The minimum Gasteiger partial charge on any atom is -0.446 e. The molecule has 7 heteroatoms. The van der Waals surface area contributed by atoms with Crippen LogP contribution < -0.4 is 10.2 Å². The standard InChI is InChI=1S/C35H43N5O2/c1-36-30-13-15-31(16-14-30)40-24-27(25-40)23-38-21-17-29(18-22-38)35(26-39-19-6-7-20-39,28-9-4-3-5-10-28)32-11-8-12-33(32)42-34(41)37-2/h3-7,9-10,13-16,19-20,27,29,32-33H,8,11-12,17-18,21-26H2,2H3,(H,37,41)/t32-,33-,35?/m0/s1. The summed E-state index contributed by atoms with van der Waals surface area (Å²) in [6.07, 6.45) is 9.36. The normalized spacial score (nSPS) is 23.1. The molecule has 1 saturated carbocycles. The van der Waals surface area contributed by atoms with E-state index in [1.165, 1.54) is 11.3 Å². The Morgan fingerprint density at radius 2 is 1.69 bits per heavy atom. The smallest absolute Gasteiger partial charge is 0.407 e. The second-order valence-electron chi connectivity index (χ2n) is 12.5. The van der Waals surface area contributed by atoms with Gasteiger partial charge in [-0.15, -0.1) is 0 Å². The maximum Gasteiger partial charge on any atom is 0.407 e. The number of hydrogen-bond donors (Lipinski definition) is 1. The molecule has 0 radical (unpaired) electrons. The van der Waals surface area contributed by atoms with Gasteiger partial charge >= 0.3 is 6.09 Å². The van der Waals surface area contributed by atoms with Crippen LogP contribution in [0.5, 0.6) is 0 Å². The van der Waals surface area contributed by atoms with Gasteiger partial charge in [0, 0.05) is 68.6 Å². The molecular weight excluding hydrogens is 522 g/mol.